The van der Waals surface area contributed by atoms with Gasteiger partial charge in [0.15, 0.2) is 11.5 Å². The Balaban J connectivity index is 2.71. The normalized spacial score (nSPS) is 13.8. The lowest BCUT2D eigenvalue weighted by Crippen LogP contribution is -2.38. The van der Waals surface area contributed by atoms with Gasteiger partial charge in [0.25, 0.3) is 11.4 Å². The molecule has 0 aromatic heterocycles. The summed E-state index contributed by atoms with van der Waals surface area (Å²) in [4.78, 5) is 22.2. The smallest absolute Gasteiger partial charge is 0.387 e. The van der Waals surface area contributed by atoms with Crippen LogP contribution in [0.25, 0.3) is 0 Å². The molecular weight excluding hydrogens is 529 g/mol. The minimum Gasteiger partial charge on any atom is -0.481 e. The summed E-state index contributed by atoms with van der Waals surface area (Å²) >= 11 is 0. The van der Waals surface area contributed by atoms with Gasteiger partial charge in [-0.3, -0.25) is 9.59 Å². The largest absolute Gasteiger partial charge is 0.481 e. The molecule has 0 aliphatic heterocycles. The highest BCUT2D eigenvalue weighted by atomic mass is 32.2. The van der Waals surface area contributed by atoms with Gasteiger partial charge in [0.2, 0.25) is 15.7 Å². The number of sulfone groups is 1. The van der Waals surface area contributed by atoms with Crippen molar-refractivity contribution in [3.63, 3.8) is 0 Å². The van der Waals surface area contributed by atoms with E-state index in [2.05, 4.69) is 10.1 Å². The summed E-state index contributed by atoms with van der Waals surface area (Å²) in [5.41, 5.74) is -1.12. The van der Waals surface area contributed by atoms with E-state index in [-0.39, 0.29) is 18.2 Å². The fourth-order valence-electron chi connectivity index (χ4n) is 2.76. The first kappa shape index (κ1) is 29.8. The highest BCUT2D eigenvalue weighted by Gasteiger charge is 2.50. The fraction of sp³-hybridized carbons (Fsp3) is 0.391. The number of anilines is 1. The molecule has 0 aliphatic carbocycles. The molecule has 14 heteroatoms. The van der Waals surface area contributed by atoms with Gasteiger partial charge in [0, 0.05) is 11.1 Å². The monoisotopic (exact) mass is 553 g/mol. The van der Waals surface area contributed by atoms with Crippen LogP contribution in [0.2, 0.25) is 0 Å². The standard InChI is InChI=1S/C23H24F5NO7S/c1-22(2,3)20(32)29-13-6-8-15(17(11-13)37(33,34)23(4,28)19(24)25)35-16-9-12(10-18(30)31)5-7-14(16)36-21(26)27/h5-9,11,19,21H,10H2,1-4H3,(H,29,32)(H,30,31). The molecule has 1 atom stereocenters. The number of aliphatic carboxylic acids is 1. The number of alkyl halides is 5. The molecule has 1 unspecified atom stereocenters. The van der Waals surface area contributed by atoms with E-state index in [4.69, 9.17) is 9.84 Å². The number of rotatable bonds is 10. The number of carbonyl (C=O) groups excluding carboxylic acids is 1. The van der Waals surface area contributed by atoms with Crippen molar-refractivity contribution in [1.82, 2.24) is 0 Å². The molecule has 37 heavy (non-hydrogen) atoms. The molecule has 0 radical (unpaired) electrons. The Morgan fingerprint density at radius 2 is 1.57 bits per heavy atom. The average Bonchev–Trinajstić information content (AvgIpc) is 2.74. The molecule has 0 saturated heterocycles. The van der Waals surface area contributed by atoms with Crippen molar-refractivity contribution in [2.75, 3.05) is 5.32 Å². The number of carboxylic acids is 1. The van der Waals surface area contributed by atoms with E-state index in [1.807, 2.05) is 0 Å². The summed E-state index contributed by atoms with van der Waals surface area (Å²) in [5, 5.41) is 7.27. The first-order valence-electron chi connectivity index (χ1n) is 10.5. The van der Waals surface area contributed by atoms with Gasteiger partial charge in [-0.05, 0) is 42.8 Å². The maximum Gasteiger partial charge on any atom is 0.387 e. The molecule has 2 N–H and O–H groups in total. The topological polar surface area (TPSA) is 119 Å². The van der Waals surface area contributed by atoms with Crippen LogP contribution in [-0.4, -0.2) is 43.4 Å². The van der Waals surface area contributed by atoms with Crippen LogP contribution in [0.15, 0.2) is 41.3 Å². The number of halogens is 5. The third kappa shape index (κ3) is 7.08. The van der Waals surface area contributed by atoms with Gasteiger partial charge < -0.3 is 19.9 Å². The third-order valence-electron chi connectivity index (χ3n) is 4.89. The molecular formula is C23H24F5NO7S. The number of carboxylic acid groups (broad SMARTS) is 1. The third-order valence-corrected chi connectivity index (χ3v) is 7.01. The van der Waals surface area contributed by atoms with Crippen LogP contribution in [-0.2, 0) is 25.8 Å². The number of amides is 1. The Hall–Kier alpha value is -3.42. The average molecular weight is 554 g/mol. The maximum atomic E-state index is 14.8. The van der Waals surface area contributed by atoms with E-state index in [1.165, 1.54) is 0 Å². The molecule has 1 amide bonds. The summed E-state index contributed by atoms with van der Waals surface area (Å²) in [6.45, 7) is 1.40. The zero-order valence-corrected chi connectivity index (χ0v) is 20.8. The lowest BCUT2D eigenvalue weighted by molar-refractivity contribution is -0.136. The van der Waals surface area contributed by atoms with Crippen molar-refractivity contribution in [3.8, 4) is 17.2 Å². The second kappa shape index (κ2) is 10.9. The van der Waals surface area contributed by atoms with Gasteiger partial charge in [0.05, 0.1) is 6.42 Å². The number of nitrogens with one attached hydrogen (secondary N) is 1. The van der Waals surface area contributed by atoms with Crippen molar-refractivity contribution in [3.05, 3.63) is 42.0 Å². The number of carbonyl (C=O) groups is 2. The van der Waals surface area contributed by atoms with Gasteiger partial charge in [-0.25, -0.2) is 21.6 Å². The number of ether oxygens (including phenoxy) is 2. The molecule has 204 valence electrons. The Morgan fingerprint density at radius 1 is 0.973 bits per heavy atom. The van der Waals surface area contributed by atoms with Crippen molar-refractivity contribution >= 4 is 27.4 Å². The molecule has 0 spiro atoms. The zero-order chi connectivity index (χ0) is 28.3. The zero-order valence-electron chi connectivity index (χ0n) is 20.0. The lowest BCUT2D eigenvalue weighted by atomic mass is 9.95. The molecule has 0 aliphatic rings. The van der Waals surface area contributed by atoms with Crippen LogP contribution in [0.5, 0.6) is 17.2 Å². The Morgan fingerprint density at radius 3 is 2.08 bits per heavy atom. The summed E-state index contributed by atoms with van der Waals surface area (Å²) in [5.74, 6) is -3.89. The predicted octanol–water partition coefficient (Wildman–Crippen LogP) is 5.42. The second-order valence-electron chi connectivity index (χ2n) is 8.99. The second-order valence-corrected chi connectivity index (χ2v) is 11.2. The van der Waals surface area contributed by atoms with Crippen LogP contribution in [0.4, 0.5) is 27.6 Å². The number of hydrogen-bond acceptors (Lipinski definition) is 6. The first-order chi connectivity index (χ1) is 16.9. The summed E-state index contributed by atoms with van der Waals surface area (Å²) in [6.07, 6.45) is -4.57. The maximum absolute atomic E-state index is 14.8. The summed E-state index contributed by atoms with van der Waals surface area (Å²) < 4.78 is 103. The highest BCUT2D eigenvalue weighted by molar-refractivity contribution is 7.92. The van der Waals surface area contributed by atoms with Crippen molar-refractivity contribution in [2.45, 2.75) is 57.0 Å². The van der Waals surface area contributed by atoms with E-state index < -0.39 is 73.7 Å². The molecule has 0 heterocycles. The van der Waals surface area contributed by atoms with Crippen LogP contribution < -0.4 is 14.8 Å². The molecule has 0 saturated carbocycles. The SMILES string of the molecule is CC(C)(C)C(=O)Nc1ccc(Oc2cc(CC(=O)O)ccc2OC(F)F)c(S(=O)(=O)C(C)(F)C(F)F)c1. The molecule has 0 fully saturated rings. The van der Waals surface area contributed by atoms with Gasteiger partial charge >= 0.3 is 12.6 Å². The van der Waals surface area contributed by atoms with E-state index in [0.29, 0.717) is 6.07 Å². The van der Waals surface area contributed by atoms with Gasteiger partial charge in [0.1, 0.15) is 10.6 Å². The Labute approximate surface area is 209 Å². The van der Waals surface area contributed by atoms with Crippen LogP contribution in [0.3, 0.4) is 0 Å². The van der Waals surface area contributed by atoms with Crippen LogP contribution in [0.1, 0.15) is 33.3 Å². The molecule has 2 aromatic carbocycles. The molecule has 0 bridgehead atoms. The number of benzene rings is 2. The lowest BCUT2D eigenvalue weighted by Gasteiger charge is -2.23. The molecule has 8 nitrogen and oxygen atoms in total. The van der Waals surface area contributed by atoms with E-state index >= 15 is 0 Å². The quantitative estimate of drug-likeness (QED) is 0.377. The van der Waals surface area contributed by atoms with E-state index in [9.17, 15) is 40.0 Å². The van der Waals surface area contributed by atoms with E-state index in [1.54, 1.807) is 20.8 Å². The molecule has 2 rings (SSSR count). The van der Waals surface area contributed by atoms with Gasteiger partial charge in [-0.15, -0.1) is 0 Å². The Kier molecular flexibility index (Phi) is 8.79. The molecule has 2 aromatic rings. The number of hydrogen-bond donors (Lipinski definition) is 2. The van der Waals surface area contributed by atoms with E-state index in [0.717, 1.165) is 30.3 Å². The van der Waals surface area contributed by atoms with Crippen molar-refractivity contribution in [1.29, 1.82) is 0 Å². The minimum absolute atomic E-state index is 0.0329. The van der Waals surface area contributed by atoms with Gasteiger partial charge in [-0.2, -0.15) is 8.78 Å². The Bertz CT molecular complexity index is 1270. The van der Waals surface area contributed by atoms with Crippen molar-refractivity contribution in [2.24, 2.45) is 5.41 Å². The van der Waals surface area contributed by atoms with Crippen LogP contribution >= 0.6 is 0 Å². The van der Waals surface area contributed by atoms with Crippen LogP contribution in [0, 0.1) is 5.41 Å². The first-order valence-corrected chi connectivity index (χ1v) is 12.0. The highest BCUT2D eigenvalue weighted by Crippen LogP contribution is 2.42. The predicted molar refractivity (Wildman–Crippen MR) is 122 cm³/mol. The minimum atomic E-state index is -5.52. The fourth-order valence-corrected chi connectivity index (χ4v) is 4.08. The summed E-state index contributed by atoms with van der Waals surface area (Å²) in [7, 11) is -5.52. The summed E-state index contributed by atoms with van der Waals surface area (Å²) in [6, 6.07) is 5.72. The van der Waals surface area contributed by atoms with Gasteiger partial charge in [-0.1, -0.05) is 26.8 Å². The van der Waals surface area contributed by atoms with Crippen molar-refractivity contribution < 1.29 is 54.5 Å².